The number of nitrogens with zero attached hydrogens (tertiary/aromatic N) is 4. The van der Waals surface area contributed by atoms with Crippen molar-refractivity contribution in [1.82, 2.24) is 19.9 Å². The first-order chi connectivity index (χ1) is 11.6. The minimum Gasteiger partial charge on any atom is -0.372 e. The van der Waals surface area contributed by atoms with Crippen LogP contribution in [0.5, 0.6) is 0 Å². The minimum absolute atomic E-state index is 0.456. The summed E-state index contributed by atoms with van der Waals surface area (Å²) in [7, 11) is 1.90. The van der Waals surface area contributed by atoms with Crippen molar-refractivity contribution in [2.24, 2.45) is 0 Å². The molecule has 6 nitrogen and oxygen atoms in total. The molecule has 2 saturated heterocycles. The molecule has 0 bridgehead atoms. The number of piperidine rings is 1. The molecule has 0 radical (unpaired) electrons. The van der Waals surface area contributed by atoms with Crippen molar-refractivity contribution < 1.29 is 0 Å². The van der Waals surface area contributed by atoms with Gasteiger partial charge < -0.3 is 15.5 Å². The third-order valence-electron chi connectivity index (χ3n) is 5.38. The molecule has 2 aromatic rings. The summed E-state index contributed by atoms with van der Waals surface area (Å²) in [6.45, 7) is 6.56. The molecule has 0 spiro atoms. The van der Waals surface area contributed by atoms with Gasteiger partial charge in [-0.05, 0) is 57.7 Å². The SMILES string of the molecule is CNc1nc(N[C@H]2CCN3CCC[C@H]3C2)nc2nc(C)cc(C)c12. The molecule has 2 aliphatic heterocycles. The molecular weight excluding hydrogens is 300 g/mol. The standard InChI is InChI=1S/C18H26N6/c1-11-9-12(2)20-17-15(11)16(19-3)22-18(23-17)21-13-6-8-24-7-4-5-14(24)10-13/h9,13-14H,4-8,10H2,1-3H3,(H2,19,20,21,22,23)/t13-,14-/m0/s1. The zero-order chi connectivity index (χ0) is 16.7. The first-order valence-corrected chi connectivity index (χ1v) is 8.98. The van der Waals surface area contributed by atoms with Gasteiger partial charge in [0.2, 0.25) is 5.95 Å². The second kappa shape index (κ2) is 6.16. The summed E-state index contributed by atoms with van der Waals surface area (Å²) in [6, 6.07) is 3.27. The Morgan fingerprint density at radius 3 is 2.83 bits per heavy atom. The molecule has 4 rings (SSSR count). The molecule has 0 saturated carbocycles. The van der Waals surface area contributed by atoms with Gasteiger partial charge in [-0.25, -0.2) is 4.98 Å². The van der Waals surface area contributed by atoms with E-state index in [2.05, 4.69) is 33.5 Å². The maximum absolute atomic E-state index is 4.70. The van der Waals surface area contributed by atoms with Crippen LogP contribution in [0.25, 0.3) is 11.0 Å². The molecule has 24 heavy (non-hydrogen) atoms. The molecule has 4 heterocycles. The van der Waals surface area contributed by atoms with Crippen LogP contribution in [0.15, 0.2) is 6.07 Å². The summed E-state index contributed by atoms with van der Waals surface area (Å²) < 4.78 is 0. The van der Waals surface area contributed by atoms with Crippen LogP contribution < -0.4 is 10.6 Å². The summed E-state index contributed by atoms with van der Waals surface area (Å²) in [5.74, 6) is 1.55. The van der Waals surface area contributed by atoms with Gasteiger partial charge >= 0.3 is 0 Å². The number of rotatable bonds is 3. The van der Waals surface area contributed by atoms with Crippen molar-refractivity contribution in [3.05, 3.63) is 17.3 Å². The van der Waals surface area contributed by atoms with Crippen LogP contribution in [0.1, 0.15) is 36.9 Å². The molecule has 2 aromatic heterocycles. The van der Waals surface area contributed by atoms with Crippen molar-refractivity contribution in [2.75, 3.05) is 30.8 Å². The zero-order valence-corrected chi connectivity index (χ0v) is 14.8. The topological polar surface area (TPSA) is 66.0 Å². The van der Waals surface area contributed by atoms with E-state index in [1.165, 1.54) is 32.4 Å². The van der Waals surface area contributed by atoms with E-state index in [-0.39, 0.29) is 0 Å². The molecule has 0 aliphatic carbocycles. The lowest BCUT2D eigenvalue weighted by Crippen LogP contribution is -2.43. The lowest BCUT2D eigenvalue weighted by molar-refractivity contribution is 0.188. The predicted octanol–water partition coefficient (Wildman–Crippen LogP) is 2.72. The number of hydrogen-bond acceptors (Lipinski definition) is 6. The predicted molar refractivity (Wildman–Crippen MR) is 97.6 cm³/mol. The number of nitrogens with one attached hydrogen (secondary N) is 2. The fraction of sp³-hybridized carbons (Fsp3) is 0.611. The van der Waals surface area contributed by atoms with E-state index in [1.807, 2.05) is 14.0 Å². The van der Waals surface area contributed by atoms with Gasteiger partial charge in [-0.15, -0.1) is 0 Å². The summed E-state index contributed by atoms with van der Waals surface area (Å²) in [6.07, 6.45) is 5.03. The van der Waals surface area contributed by atoms with E-state index in [1.54, 1.807) is 0 Å². The van der Waals surface area contributed by atoms with Crippen LogP contribution in [0.4, 0.5) is 11.8 Å². The molecule has 0 aromatic carbocycles. The zero-order valence-electron chi connectivity index (χ0n) is 14.8. The molecule has 0 unspecified atom stereocenters. The number of fused-ring (bicyclic) bond motifs is 2. The summed E-state index contributed by atoms with van der Waals surface area (Å²) >= 11 is 0. The van der Waals surface area contributed by atoms with Crippen LogP contribution in [0.3, 0.4) is 0 Å². The van der Waals surface area contributed by atoms with Crippen LogP contribution in [-0.2, 0) is 0 Å². The molecule has 2 N–H and O–H groups in total. The van der Waals surface area contributed by atoms with E-state index in [0.717, 1.165) is 40.6 Å². The molecule has 2 fully saturated rings. The Kier molecular flexibility index (Phi) is 4.00. The Bertz CT molecular complexity index is 759. The van der Waals surface area contributed by atoms with Crippen LogP contribution in [0.2, 0.25) is 0 Å². The Hall–Kier alpha value is -1.95. The quantitative estimate of drug-likeness (QED) is 0.904. The second-order valence-electron chi connectivity index (χ2n) is 7.12. The highest BCUT2D eigenvalue weighted by Gasteiger charge is 2.32. The van der Waals surface area contributed by atoms with E-state index in [9.17, 15) is 0 Å². The Balaban J connectivity index is 1.62. The molecule has 2 aliphatic rings. The Morgan fingerprint density at radius 1 is 1.12 bits per heavy atom. The van der Waals surface area contributed by atoms with E-state index < -0.39 is 0 Å². The molecule has 2 atom stereocenters. The van der Waals surface area contributed by atoms with Gasteiger partial charge in [0.25, 0.3) is 0 Å². The molecular formula is C18H26N6. The number of anilines is 2. The van der Waals surface area contributed by atoms with Crippen molar-refractivity contribution in [3.8, 4) is 0 Å². The Morgan fingerprint density at radius 2 is 2.00 bits per heavy atom. The number of pyridine rings is 1. The summed E-state index contributed by atoms with van der Waals surface area (Å²) in [4.78, 5) is 16.6. The molecule has 0 amide bonds. The summed E-state index contributed by atoms with van der Waals surface area (Å²) in [5.41, 5.74) is 2.92. The fourth-order valence-electron chi connectivity index (χ4n) is 4.26. The van der Waals surface area contributed by atoms with Gasteiger partial charge in [-0.3, -0.25) is 0 Å². The van der Waals surface area contributed by atoms with E-state index >= 15 is 0 Å². The van der Waals surface area contributed by atoms with Gasteiger partial charge in [-0.1, -0.05) is 0 Å². The number of aromatic nitrogens is 3. The van der Waals surface area contributed by atoms with Crippen molar-refractivity contribution in [1.29, 1.82) is 0 Å². The van der Waals surface area contributed by atoms with Gasteiger partial charge in [-0.2, -0.15) is 9.97 Å². The highest BCUT2D eigenvalue weighted by atomic mass is 15.2. The van der Waals surface area contributed by atoms with Gasteiger partial charge in [0.1, 0.15) is 5.82 Å². The first kappa shape index (κ1) is 15.6. The normalized spacial score (nSPS) is 24.1. The van der Waals surface area contributed by atoms with Crippen LogP contribution >= 0.6 is 0 Å². The first-order valence-electron chi connectivity index (χ1n) is 8.98. The Labute approximate surface area is 143 Å². The molecule has 128 valence electrons. The van der Waals surface area contributed by atoms with Crippen LogP contribution in [0, 0.1) is 13.8 Å². The monoisotopic (exact) mass is 326 g/mol. The van der Waals surface area contributed by atoms with Gasteiger partial charge in [0.15, 0.2) is 5.65 Å². The average molecular weight is 326 g/mol. The van der Waals surface area contributed by atoms with Crippen molar-refractivity contribution in [3.63, 3.8) is 0 Å². The van der Waals surface area contributed by atoms with Crippen LogP contribution in [-0.4, -0.2) is 52.1 Å². The second-order valence-corrected chi connectivity index (χ2v) is 7.12. The van der Waals surface area contributed by atoms with E-state index in [0.29, 0.717) is 12.0 Å². The highest BCUT2D eigenvalue weighted by molar-refractivity contribution is 5.90. The molecule has 6 heteroatoms. The maximum atomic E-state index is 4.70. The van der Waals surface area contributed by atoms with Gasteiger partial charge in [0, 0.05) is 31.4 Å². The number of aryl methyl sites for hydroxylation is 2. The lowest BCUT2D eigenvalue weighted by Gasteiger charge is -2.35. The maximum Gasteiger partial charge on any atom is 0.226 e. The smallest absolute Gasteiger partial charge is 0.226 e. The third-order valence-corrected chi connectivity index (χ3v) is 5.38. The third kappa shape index (κ3) is 2.79. The van der Waals surface area contributed by atoms with Gasteiger partial charge in [0.05, 0.1) is 5.39 Å². The minimum atomic E-state index is 0.456. The largest absolute Gasteiger partial charge is 0.372 e. The van der Waals surface area contributed by atoms with Crippen molar-refractivity contribution >= 4 is 22.8 Å². The lowest BCUT2D eigenvalue weighted by atomic mass is 9.98. The summed E-state index contributed by atoms with van der Waals surface area (Å²) in [5, 5.41) is 7.79. The van der Waals surface area contributed by atoms with Crippen molar-refractivity contribution in [2.45, 2.75) is 51.6 Å². The average Bonchev–Trinajstić information content (AvgIpc) is 3.01. The fourth-order valence-corrected chi connectivity index (χ4v) is 4.26. The van der Waals surface area contributed by atoms with E-state index in [4.69, 9.17) is 9.97 Å². The highest BCUT2D eigenvalue weighted by Crippen LogP contribution is 2.29. The number of hydrogen-bond donors (Lipinski definition) is 2.